The molecule has 0 heterocycles. The summed E-state index contributed by atoms with van der Waals surface area (Å²) in [5, 5.41) is 10.4. The number of ether oxygens (including phenoxy) is 2. The van der Waals surface area contributed by atoms with E-state index < -0.39 is 17.8 Å². The molecular formula is C22H26BrNO5. The summed E-state index contributed by atoms with van der Waals surface area (Å²) in [6.45, 7) is 5.43. The van der Waals surface area contributed by atoms with Crippen LogP contribution >= 0.6 is 15.9 Å². The van der Waals surface area contributed by atoms with Crippen LogP contribution in [0.3, 0.4) is 0 Å². The lowest BCUT2D eigenvalue weighted by Crippen LogP contribution is -2.36. The van der Waals surface area contributed by atoms with Crippen molar-refractivity contribution < 1.29 is 24.2 Å². The average Bonchev–Trinajstić information content (AvgIpc) is 2.60. The number of esters is 1. The molecule has 0 aliphatic carbocycles. The van der Waals surface area contributed by atoms with Crippen LogP contribution < -0.4 is 4.74 Å². The molecule has 2 aromatic rings. The van der Waals surface area contributed by atoms with Crippen molar-refractivity contribution in [1.82, 2.24) is 4.90 Å². The fourth-order valence-electron chi connectivity index (χ4n) is 2.52. The minimum Gasteiger partial charge on any atom is -0.444 e. The molecule has 29 heavy (non-hydrogen) atoms. The first-order chi connectivity index (χ1) is 13.5. The minimum atomic E-state index is -0.890. The smallest absolute Gasteiger partial charge is 0.410 e. The van der Waals surface area contributed by atoms with E-state index in [-0.39, 0.29) is 18.9 Å². The van der Waals surface area contributed by atoms with Gasteiger partial charge >= 0.3 is 12.1 Å². The van der Waals surface area contributed by atoms with E-state index in [1.54, 1.807) is 52.1 Å². The molecule has 0 saturated carbocycles. The second-order valence-corrected chi connectivity index (χ2v) is 8.64. The van der Waals surface area contributed by atoms with Gasteiger partial charge in [0, 0.05) is 11.5 Å². The highest BCUT2D eigenvalue weighted by atomic mass is 79.9. The summed E-state index contributed by atoms with van der Waals surface area (Å²) in [6, 6.07) is 14.0. The fourth-order valence-corrected chi connectivity index (χ4v) is 2.96. The molecule has 0 aliphatic heterocycles. The Balaban J connectivity index is 1.90. The highest BCUT2D eigenvalue weighted by Gasteiger charge is 2.22. The summed E-state index contributed by atoms with van der Waals surface area (Å²) in [4.78, 5) is 25.4. The second-order valence-electron chi connectivity index (χ2n) is 7.73. The number of hydrogen-bond donors (Lipinski definition) is 1. The van der Waals surface area contributed by atoms with Gasteiger partial charge in [0.15, 0.2) is 0 Å². The zero-order valence-corrected chi connectivity index (χ0v) is 18.6. The number of aliphatic hydroxyl groups excluding tert-OH is 1. The van der Waals surface area contributed by atoms with Crippen LogP contribution in [0.1, 0.15) is 38.0 Å². The van der Waals surface area contributed by atoms with Crippen molar-refractivity contribution in [3.05, 3.63) is 64.1 Å². The number of carbonyl (C=O) groups is 2. The molecule has 6 nitrogen and oxygen atoms in total. The third kappa shape index (κ3) is 7.87. The molecule has 0 spiro atoms. The molecule has 1 N–H and O–H groups in total. The Labute approximate surface area is 179 Å². The monoisotopic (exact) mass is 463 g/mol. The van der Waals surface area contributed by atoms with Gasteiger partial charge in [0.2, 0.25) is 0 Å². The molecule has 0 radical (unpaired) electrons. The van der Waals surface area contributed by atoms with Gasteiger partial charge in [0.1, 0.15) is 11.4 Å². The van der Waals surface area contributed by atoms with Crippen molar-refractivity contribution in [1.29, 1.82) is 0 Å². The maximum Gasteiger partial charge on any atom is 0.410 e. The maximum atomic E-state index is 12.1. The number of carbonyl (C=O) groups excluding carboxylic acids is 2. The topological polar surface area (TPSA) is 76.1 Å². The predicted octanol–water partition coefficient (Wildman–Crippen LogP) is 4.50. The van der Waals surface area contributed by atoms with Gasteiger partial charge in [-0.25, -0.2) is 4.79 Å². The van der Waals surface area contributed by atoms with Gasteiger partial charge in [0.25, 0.3) is 0 Å². The molecular weight excluding hydrogens is 438 g/mol. The molecule has 156 valence electrons. The van der Waals surface area contributed by atoms with Gasteiger partial charge in [0.05, 0.1) is 19.1 Å². The standard InChI is InChI=1S/C22H26BrNO5/c1-22(2,3)29-21(27)24(4)14-19(25)16-8-10-18(11-9-16)28-20(26)13-15-6-5-7-17(23)12-15/h5-12,19,25H,13-14H2,1-4H3. The fraction of sp³-hybridized carbons (Fsp3) is 0.364. The van der Waals surface area contributed by atoms with E-state index in [0.717, 1.165) is 10.0 Å². The molecule has 2 rings (SSSR count). The molecule has 1 atom stereocenters. The van der Waals surface area contributed by atoms with Gasteiger partial charge in [-0.2, -0.15) is 0 Å². The third-order valence-corrected chi connectivity index (χ3v) is 4.38. The zero-order chi connectivity index (χ0) is 21.6. The molecule has 0 fully saturated rings. The van der Waals surface area contributed by atoms with Gasteiger partial charge in [-0.3, -0.25) is 4.79 Å². The first kappa shape index (κ1) is 22.9. The van der Waals surface area contributed by atoms with Crippen molar-refractivity contribution in [2.45, 2.75) is 38.9 Å². The Hall–Kier alpha value is -2.38. The molecule has 2 aromatic carbocycles. The quantitative estimate of drug-likeness (QED) is 0.504. The first-order valence-corrected chi connectivity index (χ1v) is 10.00. The summed E-state index contributed by atoms with van der Waals surface area (Å²) < 4.78 is 11.5. The molecule has 0 aliphatic rings. The van der Waals surface area contributed by atoms with Crippen LogP contribution in [0, 0.1) is 0 Å². The summed E-state index contributed by atoms with van der Waals surface area (Å²) in [5.41, 5.74) is 0.853. The van der Waals surface area contributed by atoms with Crippen LogP contribution in [-0.4, -0.2) is 41.3 Å². The largest absolute Gasteiger partial charge is 0.444 e. The number of aliphatic hydroxyl groups is 1. The Morgan fingerprint density at radius 2 is 1.79 bits per heavy atom. The number of likely N-dealkylation sites (N-methyl/N-ethyl adjacent to an activating group) is 1. The van der Waals surface area contributed by atoms with E-state index in [2.05, 4.69) is 15.9 Å². The van der Waals surface area contributed by atoms with Gasteiger partial charge in [-0.05, 0) is 56.2 Å². The van der Waals surface area contributed by atoms with Crippen LogP contribution in [0.25, 0.3) is 0 Å². The van der Waals surface area contributed by atoms with E-state index >= 15 is 0 Å². The number of nitrogens with zero attached hydrogens (tertiary/aromatic N) is 1. The number of halogens is 1. The molecule has 1 amide bonds. The number of hydrogen-bond acceptors (Lipinski definition) is 5. The van der Waals surface area contributed by atoms with Gasteiger partial charge in [-0.1, -0.05) is 40.2 Å². The van der Waals surface area contributed by atoms with Crippen molar-refractivity contribution in [3.8, 4) is 5.75 Å². The maximum absolute atomic E-state index is 12.1. The Kier molecular flexibility index (Phi) is 7.81. The number of amides is 1. The van der Waals surface area contributed by atoms with Gasteiger partial charge in [-0.15, -0.1) is 0 Å². The normalized spacial score (nSPS) is 12.2. The minimum absolute atomic E-state index is 0.0803. The summed E-state index contributed by atoms with van der Waals surface area (Å²) >= 11 is 3.37. The lowest BCUT2D eigenvalue weighted by molar-refractivity contribution is -0.133. The van der Waals surface area contributed by atoms with Crippen LogP contribution in [0.15, 0.2) is 53.0 Å². The number of rotatable bonds is 6. The zero-order valence-electron chi connectivity index (χ0n) is 17.0. The lowest BCUT2D eigenvalue weighted by atomic mass is 10.1. The Morgan fingerprint density at radius 3 is 2.38 bits per heavy atom. The van der Waals surface area contributed by atoms with E-state index in [1.807, 2.05) is 24.3 Å². The van der Waals surface area contributed by atoms with Crippen LogP contribution in [0.4, 0.5) is 4.79 Å². The number of benzene rings is 2. The molecule has 0 bridgehead atoms. The lowest BCUT2D eigenvalue weighted by Gasteiger charge is -2.26. The van der Waals surface area contributed by atoms with Gasteiger partial charge < -0.3 is 19.5 Å². The van der Waals surface area contributed by atoms with Crippen LogP contribution in [0.5, 0.6) is 5.75 Å². The van der Waals surface area contributed by atoms with Crippen molar-refractivity contribution >= 4 is 28.0 Å². The second kappa shape index (κ2) is 9.89. The van der Waals surface area contributed by atoms with Crippen molar-refractivity contribution in [2.24, 2.45) is 0 Å². The van der Waals surface area contributed by atoms with E-state index in [1.165, 1.54) is 4.90 Å². The van der Waals surface area contributed by atoms with Crippen molar-refractivity contribution in [2.75, 3.05) is 13.6 Å². The van der Waals surface area contributed by atoms with Crippen LogP contribution in [-0.2, 0) is 16.0 Å². The van der Waals surface area contributed by atoms with Crippen LogP contribution in [0.2, 0.25) is 0 Å². The Bertz CT molecular complexity index is 845. The molecule has 7 heteroatoms. The predicted molar refractivity (Wildman–Crippen MR) is 114 cm³/mol. The summed E-state index contributed by atoms with van der Waals surface area (Å²) in [6.07, 6.45) is -1.24. The van der Waals surface area contributed by atoms with E-state index in [4.69, 9.17) is 9.47 Å². The molecule has 1 unspecified atom stereocenters. The van der Waals surface area contributed by atoms with E-state index in [0.29, 0.717) is 11.3 Å². The van der Waals surface area contributed by atoms with Crippen molar-refractivity contribution in [3.63, 3.8) is 0 Å². The summed E-state index contributed by atoms with van der Waals surface area (Å²) in [7, 11) is 1.56. The molecule has 0 saturated heterocycles. The summed E-state index contributed by atoms with van der Waals surface area (Å²) in [5.74, 6) is 0.0162. The van der Waals surface area contributed by atoms with E-state index in [9.17, 15) is 14.7 Å². The highest BCUT2D eigenvalue weighted by molar-refractivity contribution is 9.10. The highest BCUT2D eigenvalue weighted by Crippen LogP contribution is 2.20. The SMILES string of the molecule is CN(CC(O)c1ccc(OC(=O)Cc2cccc(Br)c2)cc1)C(=O)OC(C)(C)C. The average molecular weight is 464 g/mol. The molecule has 0 aromatic heterocycles. The first-order valence-electron chi connectivity index (χ1n) is 9.21. The third-order valence-electron chi connectivity index (χ3n) is 3.89. The Morgan fingerprint density at radius 1 is 1.14 bits per heavy atom.